The van der Waals surface area contributed by atoms with Gasteiger partial charge in [0.25, 0.3) is 5.91 Å². The maximum absolute atomic E-state index is 13.0. The highest BCUT2D eigenvalue weighted by Crippen LogP contribution is 2.64. The van der Waals surface area contributed by atoms with Crippen molar-refractivity contribution >= 4 is 23.5 Å². The zero-order chi connectivity index (χ0) is 19.9. The van der Waals surface area contributed by atoms with Gasteiger partial charge < -0.3 is 14.4 Å². The van der Waals surface area contributed by atoms with Gasteiger partial charge in [-0.2, -0.15) is 0 Å². The van der Waals surface area contributed by atoms with E-state index in [2.05, 4.69) is 0 Å². The summed E-state index contributed by atoms with van der Waals surface area (Å²) in [5.74, 6) is 1.33. The fraction of sp³-hybridized carbons (Fsp3) is 0.636. The van der Waals surface area contributed by atoms with Crippen molar-refractivity contribution in [3.05, 3.63) is 29.8 Å². The molecule has 6 heteroatoms. The van der Waals surface area contributed by atoms with Crippen molar-refractivity contribution in [1.29, 1.82) is 0 Å². The van der Waals surface area contributed by atoms with Crippen molar-refractivity contribution in [3.63, 3.8) is 0 Å². The summed E-state index contributed by atoms with van der Waals surface area (Å²) in [6, 6.07) is 7.58. The van der Waals surface area contributed by atoms with Crippen LogP contribution >= 0.6 is 11.6 Å². The molecule has 4 bridgehead atoms. The second-order valence-corrected chi connectivity index (χ2v) is 9.83. The molecule has 2 unspecified atom stereocenters. The van der Waals surface area contributed by atoms with Gasteiger partial charge in [-0.15, -0.1) is 11.6 Å². The molecule has 0 saturated heterocycles. The molecule has 4 atom stereocenters. The van der Waals surface area contributed by atoms with E-state index in [9.17, 15) is 9.59 Å². The van der Waals surface area contributed by atoms with Gasteiger partial charge in [-0.3, -0.25) is 9.59 Å². The van der Waals surface area contributed by atoms with Gasteiger partial charge >= 0.3 is 5.97 Å². The number of halogens is 1. The number of carbonyl (C=O) groups excluding carboxylic acids is 2. The molecule has 0 N–H and O–H groups in total. The summed E-state index contributed by atoms with van der Waals surface area (Å²) >= 11 is 6.80. The molecule has 1 amide bonds. The molecule has 0 heterocycles. The molecule has 0 aromatic heterocycles. The Bertz CT molecular complexity index is 766. The number of carbonyl (C=O) groups is 2. The zero-order valence-electron chi connectivity index (χ0n) is 16.6. The van der Waals surface area contributed by atoms with Crippen molar-refractivity contribution < 1.29 is 19.1 Å². The van der Waals surface area contributed by atoms with E-state index in [1.165, 1.54) is 6.42 Å². The van der Waals surface area contributed by atoms with E-state index in [0.29, 0.717) is 24.8 Å². The van der Waals surface area contributed by atoms with E-state index in [1.54, 1.807) is 19.1 Å². The lowest BCUT2D eigenvalue weighted by Crippen LogP contribution is -2.56. The third-order valence-electron chi connectivity index (χ3n) is 6.78. The minimum absolute atomic E-state index is 0.218. The first-order valence-corrected chi connectivity index (χ1v) is 10.4. The van der Waals surface area contributed by atoms with E-state index in [0.717, 1.165) is 37.0 Å². The Morgan fingerprint density at radius 2 is 1.86 bits per heavy atom. The van der Waals surface area contributed by atoms with Gasteiger partial charge in [0.2, 0.25) is 0 Å². The number of alkyl halides is 1. The number of likely N-dealkylation sites (N-methyl/N-ethyl adjacent to an activating group) is 1. The molecule has 28 heavy (non-hydrogen) atoms. The third kappa shape index (κ3) is 3.61. The van der Waals surface area contributed by atoms with Crippen LogP contribution in [0, 0.1) is 17.3 Å². The molecule has 4 aliphatic carbocycles. The Hall–Kier alpha value is -1.75. The normalized spacial score (nSPS) is 32.8. The van der Waals surface area contributed by atoms with Crippen molar-refractivity contribution in [2.75, 3.05) is 20.8 Å². The highest BCUT2D eigenvalue weighted by Gasteiger charge is 2.60. The fourth-order valence-electron chi connectivity index (χ4n) is 5.96. The number of ether oxygens (including phenoxy) is 2. The molecule has 152 valence electrons. The molecule has 1 aromatic carbocycles. The average Bonchev–Trinajstić information content (AvgIpc) is 2.64. The first-order valence-electron chi connectivity index (χ1n) is 10.0. The van der Waals surface area contributed by atoms with Crippen LogP contribution in [0.25, 0.3) is 0 Å². The summed E-state index contributed by atoms with van der Waals surface area (Å²) in [7, 11) is 3.32. The van der Waals surface area contributed by atoms with E-state index >= 15 is 0 Å². The molecule has 5 nitrogen and oxygen atoms in total. The Morgan fingerprint density at radius 3 is 2.50 bits per heavy atom. The maximum atomic E-state index is 13.0. The van der Waals surface area contributed by atoms with E-state index < -0.39 is 5.41 Å². The summed E-state index contributed by atoms with van der Waals surface area (Å²) in [5.41, 5.74) is 0.435. The molecule has 0 radical (unpaired) electrons. The first kappa shape index (κ1) is 19.6. The van der Waals surface area contributed by atoms with Crippen LogP contribution in [0.1, 0.15) is 44.1 Å². The van der Waals surface area contributed by atoms with Crippen molar-refractivity contribution in [2.24, 2.45) is 17.3 Å². The number of amides is 1. The Labute approximate surface area is 171 Å². The number of methoxy groups -OCH3 is 1. The molecule has 0 aliphatic heterocycles. The van der Waals surface area contributed by atoms with Crippen molar-refractivity contribution in [1.82, 2.24) is 4.90 Å². The molecule has 0 spiro atoms. The molecular weight excluding hydrogens is 378 g/mol. The molecule has 1 aromatic rings. The number of hydrogen-bond donors (Lipinski definition) is 0. The topological polar surface area (TPSA) is 55.8 Å². The van der Waals surface area contributed by atoms with E-state index in [4.69, 9.17) is 21.1 Å². The number of benzene rings is 1. The summed E-state index contributed by atoms with van der Waals surface area (Å²) < 4.78 is 10.9. The van der Waals surface area contributed by atoms with Crippen LogP contribution in [0.4, 0.5) is 0 Å². The largest absolute Gasteiger partial charge is 0.496 e. The number of nitrogens with zero attached hydrogens (tertiary/aromatic N) is 1. The molecular formula is C22H28ClNO4. The minimum Gasteiger partial charge on any atom is -0.496 e. The smallest absolute Gasteiger partial charge is 0.312 e. The summed E-state index contributed by atoms with van der Waals surface area (Å²) in [6.07, 6.45) is 5.63. The Balaban J connectivity index is 1.35. The highest BCUT2D eigenvalue weighted by atomic mass is 35.5. The van der Waals surface area contributed by atoms with E-state index in [-0.39, 0.29) is 23.4 Å². The number of esters is 1. The maximum Gasteiger partial charge on any atom is 0.312 e. The Morgan fingerprint density at radius 1 is 1.18 bits per heavy atom. The zero-order valence-corrected chi connectivity index (χ0v) is 17.3. The van der Waals surface area contributed by atoms with Crippen LogP contribution in [0.3, 0.4) is 0 Å². The van der Waals surface area contributed by atoms with Gasteiger partial charge in [0.1, 0.15) is 5.75 Å². The second-order valence-electron chi connectivity index (χ2n) is 9.03. The van der Waals surface area contributed by atoms with Gasteiger partial charge in [-0.25, -0.2) is 0 Å². The summed E-state index contributed by atoms with van der Waals surface area (Å²) in [5, 5.41) is 0. The Kier molecular flexibility index (Phi) is 5.07. The summed E-state index contributed by atoms with van der Waals surface area (Å²) in [6.45, 7) is 0.178. The van der Waals surface area contributed by atoms with E-state index in [1.807, 2.05) is 24.3 Å². The highest BCUT2D eigenvalue weighted by molar-refractivity contribution is 6.24. The van der Waals surface area contributed by atoms with Crippen LogP contribution in [0.15, 0.2) is 24.3 Å². The van der Waals surface area contributed by atoms with Gasteiger partial charge in [0, 0.05) is 24.0 Å². The van der Waals surface area contributed by atoms with Gasteiger partial charge in [0.05, 0.1) is 12.5 Å². The molecule has 4 fully saturated rings. The van der Waals surface area contributed by atoms with Crippen LogP contribution in [0.2, 0.25) is 0 Å². The standard InChI is InChI=1S/C22H28ClNO4/c1-24(12-17-5-3-4-6-18(17)27-2)19(25)13-28-20(26)21-8-15-7-16(9-21)11-22(23,10-15)14-21/h3-6,15-16H,7-14H2,1-2H3/t15-,16+,21?,22?. The molecule has 5 rings (SSSR count). The fourth-order valence-corrected chi connectivity index (χ4v) is 6.65. The lowest BCUT2D eigenvalue weighted by atomic mass is 9.49. The van der Waals surface area contributed by atoms with Gasteiger partial charge in [-0.05, 0) is 56.4 Å². The minimum atomic E-state index is -0.479. The number of para-hydroxylation sites is 1. The average molecular weight is 406 g/mol. The van der Waals surface area contributed by atoms with Crippen molar-refractivity contribution in [3.8, 4) is 5.75 Å². The number of hydrogen-bond acceptors (Lipinski definition) is 4. The monoisotopic (exact) mass is 405 g/mol. The van der Waals surface area contributed by atoms with Gasteiger partial charge in [-0.1, -0.05) is 18.2 Å². The molecule has 4 aliphatic rings. The lowest BCUT2D eigenvalue weighted by Gasteiger charge is -2.58. The van der Waals surface area contributed by atoms with Crippen LogP contribution < -0.4 is 4.74 Å². The predicted octanol–water partition coefficient (Wildman–Crippen LogP) is 3.77. The second kappa shape index (κ2) is 7.25. The quantitative estimate of drug-likeness (QED) is 0.534. The summed E-state index contributed by atoms with van der Waals surface area (Å²) in [4.78, 5) is 26.8. The third-order valence-corrected chi connectivity index (χ3v) is 7.22. The molecule has 4 saturated carbocycles. The number of rotatable bonds is 6. The van der Waals surface area contributed by atoms with Gasteiger partial charge in [0.15, 0.2) is 6.61 Å². The predicted molar refractivity (Wildman–Crippen MR) is 106 cm³/mol. The first-order chi connectivity index (χ1) is 13.3. The van der Waals surface area contributed by atoms with Crippen molar-refractivity contribution in [2.45, 2.75) is 49.9 Å². The van der Waals surface area contributed by atoms with Crippen LogP contribution in [-0.4, -0.2) is 42.4 Å². The van der Waals surface area contributed by atoms with Crippen LogP contribution in [0.5, 0.6) is 5.75 Å². The SMILES string of the molecule is COc1ccccc1CN(C)C(=O)COC(=O)C12C[C@@H]3C[C@@H](CC(Cl)(C3)C1)C2. The lowest BCUT2D eigenvalue weighted by molar-refractivity contribution is -0.173. The van der Waals surface area contributed by atoms with Crippen LogP contribution in [-0.2, 0) is 20.9 Å².